The zero-order valence-electron chi connectivity index (χ0n) is 17.0. The maximum absolute atomic E-state index is 2.31. The fraction of sp³-hybridized carbons (Fsp3) is 0.417. The smallest absolute Gasteiger partial charge is 0.0105 e. The molecule has 0 aliphatic heterocycles. The summed E-state index contributed by atoms with van der Waals surface area (Å²) < 4.78 is 0. The Hall–Kier alpha value is -1.82. The highest BCUT2D eigenvalue weighted by atomic mass is 14.1. The van der Waals surface area contributed by atoms with Crippen molar-refractivity contribution < 1.29 is 0 Å². The molecule has 0 saturated heterocycles. The molecule has 3 aromatic rings. The molecular formula is C24H36. The predicted octanol–water partition coefficient (Wildman–Crippen LogP) is 8.20. The van der Waals surface area contributed by atoms with Gasteiger partial charge in [0.25, 0.3) is 0 Å². The Balaban J connectivity index is 0.000000798. The van der Waals surface area contributed by atoms with Gasteiger partial charge in [0.1, 0.15) is 0 Å². The van der Waals surface area contributed by atoms with Crippen molar-refractivity contribution in [3.8, 4) is 0 Å². The van der Waals surface area contributed by atoms with Crippen LogP contribution in [0, 0.1) is 0 Å². The highest BCUT2D eigenvalue weighted by Gasteiger charge is 2.02. The van der Waals surface area contributed by atoms with Gasteiger partial charge in [0.05, 0.1) is 0 Å². The molecule has 3 aromatic carbocycles. The van der Waals surface area contributed by atoms with E-state index in [9.17, 15) is 0 Å². The topological polar surface area (TPSA) is 0 Å². The summed E-state index contributed by atoms with van der Waals surface area (Å²) in [4.78, 5) is 0. The summed E-state index contributed by atoms with van der Waals surface area (Å²) in [7, 11) is 0. The first-order valence-corrected chi connectivity index (χ1v) is 9.76. The highest BCUT2D eigenvalue weighted by Crippen LogP contribution is 2.27. The normalized spacial score (nSPS) is 9.17. The van der Waals surface area contributed by atoms with Crippen molar-refractivity contribution in [1.29, 1.82) is 0 Å². The number of hydrogen-bond donors (Lipinski definition) is 0. The van der Waals surface area contributed by atoms with Gasteiger partial charge in [-0.05, 0) is 45.5 Å². The minimum atomic E-state index is 1.10. The van der Waals surface area contributed by atoms with Crippen molar-refractivity contribution in [1.82, 2.24) is 0 Å². The summed E-state index contributed by atoms with van der Waals surface area (Å²) in [6, 6.07) is 18.1. The molecule has 0 saturated carbocycles. The van der Waals surface area contributed by atoms with Crippen molar-refractivity contribution in [2.24, 2.45) is 0 Å². The largest absolute Gasteiger partial charge is 0.0683 e. The molecule has 0 nitrogen and oxygen atoms in total. The van der Waals surface area contributed by atoms with Crippen LogP contribution in [0.5, 0.6) is 0 Å². The van der Waals surface area contributed by atoms with Gasteiger partial charge < -0.3 is 0 Å². The lowest BCUT2D eigenvalue weighted by Gasteiger charge is -2.07. The summed E-state index contributed by atoms with van der Waals surface area (Å²) in [5.41, 5.74) is 2.82. The van der Waals surface area contributed by atoms with Crippen LogP contribution in [0.1, 0.15) is 66.5 Å². The molecule has 24 heavy (non-hydrogen) atoms. The van der Waals surface area contributed by atoms with Crippen LogP contribution < -0.4 is 0 Å². The number of aryl methyl sites for hydroxylation is 2. The Morgan fingerprint density at radius 2 is 0.833 bits per heavy atom. The third kappa shape index (κ3) is 5.37. The first-order valence-electron chi connectivity index (χ1n) is 9.76. The molecule has 0 N–H and O–H groups in total. The molecule has 0 heterocycles. The van der Waals surface area contributed by atoms with Crippen molar-refractivity contribution >= 4 is 21.5 Å². The zero-order chi connectivity index (χ0) is 18.5. The summed E-state index contributed by atoms with van der Waals surface area (Å²) in [6.07, 6.45) is 2.20. The molecular weight excluding hydrogens is 288 g/mol. The van der Waals surface area contributed by atoms with Crippen LogP contribution in [-0.2, 0) is 12.8 Å². The zero-order valence-corrected chi connectivity index (χ0v) is 17.0. The van der Waals surface area contributed by atoms with Crippen molar-refractivity contribution in [2.45, 2.75) is 68.2 Å². The van der Waals surface area contributed by atoms with Crippen LogP contribution in [0.15, 0.2) is 48.5 Å². The highest BCUT2D eigenvalue weighted by molar-refractivity contribution is 6.07. The molecule has 0 spiro atoms. The van der Waals surface area contributed by atoms with E-state index in [1.165, 1.54) is 32.7 Å². The SMILES string of the molecule is CC.CC.CC.CCc1ccc2c(ccc3cc(CC)ccc32)c1. The Morgan fingerprint density at radius 1 is 0.500 bits per heavy atom. The van der Waals surface area contributed by atoms with Crippen molar-refractivity contribution in [3.63, 3.8) is 0 Å². The third-order valence-corrected chi connectivity index (χ3v) is 3.78. The fourth-order valence-electron chi connectivity index (χ4n) is 2.61. The van der Waals surface area contributed by atoms with E-state index in [2.05, 4.69) is 62.4 Å². The van der Waals surface area contributed by atoms with E-state index >= 15 is 0 Å². The predicted molar refractivity (Wildman–Crippen MR) is 114 cm³/mol. The molecule has 0 fully saturated rings. The molecule has 0 radical (unpaired) electrons. The summed E-state index contributed by atoms with van der Waals surface area (Å²) >= 11 is 0. The second-order valence-electron chi connectivity index (χ2n) is 4.88. The average Bonchev–Trinajstić information content (AvgIpc) is 2.71. The summed E-state index contributed by atoms with van der Waals surface area (Å²) in [6.45, 7) is 16.4. The molecule has 0 aliphatic rings. The molecule has 0 atom stereocenters. The molecule has 0 heteroatoms. The Bertz CT molecular complexity index is 645. The van der Waals surface area contributed by atoms with Crippen LogP contribution in [0.3, 0.4) is 0 Å². The molecule has 0 unspecified atom stereocenters. The van der Waals surface area contributed by atoms with E-state index in [1.807, 2.05) is 41.5 Å². The quantitative estimate of drug-likeness (QED) is 0.417. The van der Waals surface area contributed by atoms with Gasteiger partial charge in [-0.15, -0.1) is 0 Å². The number of benzene rings is 3. The van der Waals surface area contributed by atoms with Gasteiger partial charge in [-0.3, -0.25) is 0 Å². The van der Waals surface area contributed by atoms with E-state index in [0.717, 1.165) is 12.8 Å². The lowest BCUT2D eigenvalue weighted by Crippen LogP contribution is -1.84. The lowest BCUT2D eigenvalue weighted by atomic mass is 9.98. The second-order valence-corrected chi connectivity index (χ2v) is 4.88. The molecule has 0 amide bonds. The fourth-order valence-corrected chi connectivity index (χ4v) is 2.61. The van der Waals surface area contributed by atoms with Crippen LogP contribution in [-0.4, -0.2) is 0 Å². The molecule has 0 aromatic heterocycles. The minimum absolute atomic E-state index is 1.10. The van der Waals surface area contributed by atoms with Gasteiger partial charge in [0.2, 0.25) is 0 Å². The Kier molecular flexibility index (Phi) is 11.6. The standard InChI is InChI=1S/C18H18.3C2H6/c1-3-13-5-9-17-15(11-13)7-8-16-12-14(4-2)6-10-18(16)17;3*1-2/h5-12H,3-4H2,1-2H3;3*1-2H3. The monoisotopic (exact) mass is 324 g/mol. The maximum Gasteiger partial charge on any atom is -0.0105 e. The van der Waals surface area contributed by atoms with Gasteiger partial charge in [0.15, 0.2) is 0 Å². The van der Waals surface area contributed by atoms with E-state index < -0.39 is 0 Å². The van der Waals surface area contributed by atoms with Crippen LogP contribution in [0.4, 0.5) is 0 Å². The van der Waals surface area contributed by atoms with Crippen molar-refractivity contribution in [2.75, 3.05) is 0 Å². The van der Waals surface area contributed by atoms with Gasteiger partial charge in [-0.2, -0.15) is 0 Å². The Morgan fingerprint density at radius 3 is 1.12 bits per heavy atom. The van der Waals surface area contributed by atoms with E-state index in [-0.39, 0.29) is 0 Å². The first kappa shape index (κ1) is 22.2. The van der Waals surface area contributed by atoms with Crippen molar-refractivity contribution in [3.05, 3.63) is 59.7 Å². The lowest BCUT2D eigenvalue weighted by molar-refractivity contribution is 1.14. The third-order valence-electron chi connectivity index (χ3n) is 3.78. The maximum atomic E-state index is 2.31. The average molecular weight is 325 g/mol. The van der Waals surface area contributed by atoms with E-state index in [0.29, 0.717) is 0 Å². The van der Waals surface area contributed by atoms with Crippen LogP contribution in [0.2, 0.25) is 0 Å². The van der Waals surface area contributed by atoms with Gasteiger partial charge >= 0.3 is 0 Å². The van der Waals surface area contributed by atoms with Crippen LogP contribution in [0.25, 0.3) is 21.5 Å². The number of hydrogen-bond acceptors (Lipinski definition) is 0. The molecule has 0 aliphatic carbocycles. The van der Waals surface area contributed by atoms with E-state index in [1.54, 1.807) is 0 Å². The minimum Gasteiger partial charge on any atom is -0.0683 e. The molecule has 3 rings (SSSR count). The molecule has 0 bridgehead atoms. The Labute approximate surface area is 149 Å². The van der Waals surface area contributed by atoms with Crippen LogP contribution >= 0.6 is 0 Å². The number of rotatable bonds is 2. The van der Waals surface area contributed by atoms with Gasteiger partial charge in [0, 0.05) is 0 Å². The first-order chi connectivity index (χ1) is 11.8. The van der Waals surface area contributed by atoms with E-state index in [4.69, 9.17) is 0 Å². The molecule has 132 valence electrons. The summed E-state index contributed by atoms with van der Waals surface area (Å²) in [5, 5.41) is 5.44. The van der Waals surface area contributed by atoms with Gasteiger partial charge in [-0.1, -0.05) is 104 Å². The number of fused-ring (bicyclic) bond motifs is 3. The van der Waals surface area contributed by atoms with Gasteiger partial charge in [-0.25, -0.2) is 0 Å². The summed E-state index contributed by atoms with van der Waals surface area (Å²) in [5.74, 6) is 0. The second kappa shape index (κ2) is 12.6.